The molecule has 12 aromatic rings. The predicted molar refractivity (Wildman–Crippen MR) is 336 cm³/mol. The Morgan fingerprint density at radius 1 is 0.506 bits per heavy atom. The van der Waals surface area contributed by atoms with Crippen molar-refractivity contribution in [3.63, 3.8) is 0 Å². The Morgan fingerprint density at radius 3 is 1.78 bits per heavy atom. The Morgan fingerprint density at radius 2 is 1.12 bits per heavy atom. The maximum Gasteiger partial charge on any atom is 0.121 e. The van der Waals surface area contributed by atoms with Crippen LogP contribution in [0.15, 0.2) is 187 Å². The van der Waals surface area contributed by atoms with E-state index >= 15 is 0 Å². The van der Waals surface area contributed by atoms with E-state index in [-0.39, 0.29) is 47.2 Å². The van der Waals surface area contributed by atoms with E-state index in [1.807, 2.05) is 36.5 Å². The Hall–Kier alpha value is -7.43. The van der Waals surface area contributed by atoms with Gasteiger partial charge in [0.1, 0.15) is 5.58 Å². The summed E-state index contributed by atoms with van der Waals surface area (Å²) >= 11 is 0. The van der Waals surface area contributed by atoms with E-state index in [0.29, 0.717) is 0 Å². The van der Waals surface area contributed by atoms with Crippen LogP contribution in [0.2, 0.25) is 0 Å². The standard InChI is InChI=1S/C61H55N2O.C15H16N.Ir/c1-58(2)29-31-60(5,6)50-34-39(25-27-48(50)58)42-17-13-18-43(40-26-28-49-51(35-40)61(7,8)32-30-59(49,3)4)55(42)63-53-22-12-11-21-52(53)62-57(63)45-20-14-19-44-47-33-38-24-23-37-15-9-10-16-41(37)46(38)36-54(47)64-56(44)45;1-15(2,3)13-9-10-16-14(11-13)12-7-5-4-6-8-12;/h9-19,21-28,33-36H,29-32H2,1-8H3;4-7,9-11H,1-3H3;/q2*-1;. The fraction of sp³-hybridized carbons (Fsp3) is 0.263. The van der Waals surface area contributed by atoms with Crippen LogP contribution in [0.1, 0.15) is 130 Å². The van der Waals surface area contributed by atoms with Crippen molar-refractivity contribution in [2.75, 3.05) is 0 Å². The molecule has 1 radical (unpaired) electrons. The van der Waals surface area contributed by atoms with E-state index in [9.17, 15) is 0 Å². The van der Waals surface area contributed by atoms with Gasteiger partial charge >= 0.3 is 0 Å². The fourth-order valence-corrected chi connectivity index (χ4v) is 13.2. The maximum atomic E-state index is 7.04. The summed E-state index contributed by atoms with van der Waals surface area (Å²) in [4.78, 5) is 9.93. The maximum absolute atomic E-state index is 7.04. The zero-order chi connectivity index (χ0) is 55.5. The fourth-order valence-electron chi connectivity index (χ4n) is 13.2. The van der Waals surface area contributed by atoms with Crippen molar-refractivity contribution >= 4 is 54.5 Å². The molecule has 0 saturated heterocycles. The summed E-state index contributed by atoms with van der Waals surface area (Å²) in [6.07, 6.45) is 6.55. The molecule has 2 aliphatic rings. The molecule has 2 aliphatic carbocycles. The van der Waals surface area contributed by atoms with Gasteiger partial charge in [0.15, 0.2) is 0 Å². The molecule has 0 aliphatic heterocycles. The second-order valence-electron chi connectivity index (χ2n) is 26.5. The van der Waals surface area contributed by atoms with Gasteiger partial charge in [-0.3, -0.25) is 4.98 Å². The molecule has 0 saturated carbocycles. The minimum absolute atomic E-state index is 0. The number of imidazole rings is 1. The summed E-state index contributed by atoms with van der Waals surface area (Å²) in [7, 11) is 0. The van der Waals surface area contributed by atoms with Crippen LogP contribution in [-0.2, 0) is 47.2 Å². The van der Waals surface area contributed by atoms with Gasteiger partial charge < -0.3 is 14.0 Å². The topological polar surface area (TPSA) is 43.9 Å². The molecule has 0 unspecified atom stereocenters. The summed E-state index contributed by atoms with van der Waals surface area (Å²) in [5, 5.41) is 6.99. The number of nitrogens with zero attached hydrogens (tertiary/aromatic N) is 3. The molecule has 9 aromatic carbocycles. The Bertz CT molecular complexity index is 4310. The van der Waals surface area contributed by atoms with Crippen molar-refractivity contribution in [2.45, 2.75) is 129 Å². The first-order valence-electron chi connectivity index (χ1n) is 28.8. The largest absolute Gasteiger partial charge is 0.501 e. The van der Waals surface area contributed by atoms with Gasteiger partial charge in [0.05, 0.1) is 28.1 Å². The first-order valence-corrected chi connectivity index (χ1v) is 28.8. The van der Waals surface area contributed by atoms with E-state index in [1.54, 1.807) is 0 Å². The molecule has 0 atom stereocenters. The van der Waals surface area contributed by atoms with E-state index < -0.39 is 0 Å². The second-order valence-corrected chi connectivity index (χ2v) is 26.5. The van der Waals surface area contributed by atoms with Crippen LogP contribution in [0, 0.1) is 12.1 Å². The van der Waals surface area contributed by atoms with E-state index in [2.05, 4.69) is 243 Å². The van der Waals surface area contributed by atoms with Gasteiger partial charge in [-0.05, 0) is 149 Å². The number of para-hydroxylation sites is 3. The number of hydrogen-bond acceptors (Lipinski definition) is 3. The van der Waals surface area contributed by atoms with Gasteiger partial charge in [-0.15, -0.1) is 54.1 Å². The van der Waals surface area contributed by atoms with Gasteiger partial charge in [0.2, 0.25) is 0 Å². The molecule has 0 N–H and O–H groups in total. The van der Waals surface area contributed by atoms with E-state index in [0.717, 1.165) is 74.1 Å². The van der Waals surface area contributed by atoms with Gasteiger partial charge in [0.25, 0.3) is 0 Å². The number of benzene rings is 9. The smallest absolute Gasteiger partial charge is 0.121 e. The van der Waals surface area contributed by atoms with Crippen molar-refractivity contribution < 1.29 is 24.5 Å². The second kappa shape index (κ2) is 19.9. The van der Waals surface area contributed by atoms with E-state index in [1.165, 1.54) is 84.5 Å². The van der Waals surface area contributed by atoms with E-state index in [4.69, 9.17) is 9.40 Å². The summed E-state index contributed by atoms with van der Waals surface area (Å²) in [5.41, 5.74) is 20.1. The summed E-state index contributed by atoms with van der Waals surface area (Å²) in [5.74, 6) is 0.813. The summed E-state index contributed by atoms with van der Waals surface area (Å²) in [6, 6.07) is 71.0. The number of fused-ring (bicyclic) bond motifs is 9. The quantitative estimate of drug-likeness (QED) is 0.127. The van der Waals surface area contributed by atoms with Crippen molar-refractivity contribution in [1.29, 1.82) is 0 Å². The number of aromatic nitrogens is 3. The molecule has 0 amide bonds. The molecule has 3 aromatic heterocycles. The van der Waals surface area contributed by atoms with Crippen LogP contribution in [0.3, 0.4) is 0 Å². The van der Waals surface area contributed by atoms with Crippen molar-refractivity contribution in [2.24, 2.45) is 0 Å². The Kier molecular flexibility index (Phi) is 13.3. The molecule has 0 fully saturated rings. The number of rotatable bonds is 5. The van der Waals surface area contributed by atoms with Gasteiger partial charge in [-0.2, -0.15) is 0 Å². The summed E-state index contributed by atoms with van der Waals surface area (Å²) < 4.78 is 9.46. The number of pyridine rings is 1. The minimum Gasteiger partial charge on any atom is -0.501 e. The molecule has 0 spiro atoms. The zero-order valence-electron chi connectivity index (χ0n) is 48.7. The molecule has 4 nitrogen and oxygen atoms in total. The number of furan rings is 1. The average molecular weight is 1230 g/mol. The van der Waals surface area contributed by atoms with Crippen LogP contribution in [-0.4, -0.2) is 14.5 Å². The number of hydrogen-bond donors (Lipinski definition) is 0. The van der Waals surface area contributed by atoms with Crippen LogP contribution in [0.5, 0.6) is 0 Å². The first kappa shape index (κ1) is 54.2. The van der Waals surface area contributed by atoms with Crippen LogP contribution in [0.25, 0.3) is 105 Å². The van der Waals surface area contributed by atoms with Crippen molar-refractivity contribution in [3.8, 4) is 50.6 Å². The van der Waals surface area contributed by atoms with Gasteiger partial charge in [-0.25, -0.2) is 0 Å². The Balaban J connectivity index is 0.000000331. The third kappa shape index (κ3) is 9.45. The normalized spacial score (nSPS) is 15.9. The molecular formula is C76H71IrN3O-2. The SMILES string of the molecule is CC(C)(C)c1ccnc(-c2[c-]cccc2)c1.CC1(C)CCC(C)(C)c2cc(-c3cccc(-c4ccc5c(c4)C(C)(C)CCC5(C)C)c3-n3c(-c4[c-]ccc5c4oc4cc6c(ccc7ccccc76)cc45)nc4ccccc43)ccc21.[Ir]. The predicted octanol–water partition coefficient (Wildman–Crippen LogP) is 20.6. The molecule has 3 heterocycles. The van der Waals surface area contributed by atoms with Crippen molar-refractivity contribution in [1.82, 2.24) is 14.5 Å². The molecule has 5 heteroatoms. The van der Waals surface area contributed by atoms with Crippen LogP contribution < -0.4 is 0 Å². The molecule has 14 rings (SSSR count). The average Bonchev–Trinajstić information content (AvgIpc) is 4.14. The molecular weight excluding hydrogens is 1160 g/mol. The summed E-state index contributed by atoms with van der Waals surface area (Å²) in [6.45, 7) is 26.0. The van der Waals surface area contributed by atoms with Gasteiger partial charge in [-0.1, -0.05) is 196 Å². The first-order chi connectivity index (χ1) is 38.3. The minimum atomic E-state index is 0. The van der Waals surface area contributed by atoms with Crippen LogP contribution in [0.4, 0.5) is 0 Å². The molecule has 407 valence electrons. The molecule has 81 heavy (non-hydrogen) atoms. The third-order valence-electron chi connectivity index (χ3n) is 18.3. The van der Waals surface area contributed by atoms with Crippen LogP contribution >= 0.6 is 0 Å². The zero-order valence-corrected chi connectivity index (χ0v) is 51.1. The molecule has 0 bridgehead atoms. The van der Waals surface area contributed by atoms with Crippen molar-refractivity contribution in [3.05, 3.63) is 222 Å². The third-order valence-corrected chi connectivity index (χ3v) is 18.3. The van der Waals surface area contributed by atoms with Gasteiger partial charge in [0, 0.05) is 42.8 Å². The Labute approximate surface area is 492 Å². The monoisotopic (exact) mass is 1230 g/mol.